The summed E-state index contributed by atoms with van der Waals surface area (Å²) >= 11 is 0. The van der Waals surface area contributed by atoms with Crippen LogP contribution >= 0.6 is 0 Å². The standard InChI is InChI=1S/C16H16N4/c1-11-9-19-16(20-10-11)15(17-2)13-5-6-14-12(8-13)4-3-7-18-14/h3-10,15,17H,1-2H3. The van der Waals surface area contributed by atoms with Crippen molar-refractivity contribution < 1.29 is 0 Å². The van der Waals surface area contributed by atoms with E-state index in [4.69, 9.17) is 0 Å². The maximum Gasteiger partial charge on any atom is 0.149 e. The Labute approximate surface area is 117 Å². The van der Waals surface area contributed by atoms with Gasteiger partial charge < -0.3 is 5.32 Å². The fraction of sp³-hybridized carbons (Fsp3) is 0.188. The highest BCUT2D eigenvalue weighted by Gasteiger charge is 2.15. The quantitative estimate of drug-likeness (QED) is 0.790. The number of aryl methyl sites for hydroxylation is 1. The third-order valence-electron chi connectivity index (χ3n) is 3.31. The van der Waals surface area contributed by atoms with Gasteiger partial charge in [0.1, 0.15) is 5.82 Å². The number of benzene rings is 1. The summed E-state index contributed by atoms with van der Waals surface area (Å²) in [6.07, 6.45) is 5.49. The minimum absolute atomic E-state index is 0.0137. The minimum atomic E-state index is -0.0137. The zero-order valence-electron chi connectivity index (χ0n) is 11.5. The molecule has 3 rings (SSSR count). The monoisotopic (exact) mass is 264 g/mol. The lowest BCUT2D eigenvalue weighted by molar-refractivity contribution is 0.646. The summed E-state index contributed by atoms with van der Waals surface area (Å²) in [4.78, 5) is 13.2. The number of nitrogens with one attached hydrogen (secondary N) is 1. The minimum Gasteiger partial charge on any atom is -0.307 e. The van der Waals surface area contributed by atoms with Crippen molar-refractivity contribution >= 4 is 10.9 Å². The third kappa shape index (κ3) is 2.38. The first kappa shape index (κ1) is 12.7. The van der Waals surface area contributed by atoms with Crippen LogP contribution in [0.1, 0.15) is 23.0 Å². The van der Waals surface area contributed by atoms with Crippen LogP contribution in [-0.2, 0) is 0 Å². The van der Waals surface area contributed by atoms with Gasteiger partial charge in [-0.15, -0.1) is 0 Å². The molecule has 2 aromatic heterocycles. The van der Waals surface area contributed by atoms with Crippen LogP contribution in [0.2, 0.25) is 0 Å². The summed E-state index contributed by atoms with van der Waals surface area (Å²) in [5.41, 5.74) is 3.19. The molecule has 4 nitrogen and oxygen atoms in total. The van der Waals surface area contributed by atoms with Crippen LogP contribution < -0.4 is 5.32 Å². The molecule has 0 aliphatic carbocycles. The second-order valence-corrected chi connectivity index (χ2v) is 4.80. The average Bonchev–Trinajstić information content (AvgIpc) is 2.50. The van der Waals surface area contributed by atoms with E-state index in [1.165, 1.54) is 0 Å². The Kier molecular flexibility index (Phi) is 3.39. The molecule has 20 heavy (non-hydrogen) atoms. The molecule has 1 atom stereocenters. The maximum atomic E-state index is 4.42. The predicted molar refractivity (Wildman–Crippen MR) is 79.4 cm³/mol. The van der Waals surface area contributed by atoms with Crippen LogP contribution in [0.5, 0.6) is 0 Å². The van der Waals surface area contributed by atoms with Crippen LogP contribution in [0.3, 0.4) is 0 Å². The number of nitrogens with zero attached hydrogens (tertiary/aromatic N) is 3. The first-order valence-electron chi connectivity index (χ1n) is 6.58. The molecule has 0 bridgehead atoms. The maximum absolute atomic E-state index is 4.42. The van der Waals surface area contributed by atoms with Crippen molar-refractivity contribution in [3.63, 3.8) is 0 Å². The van der Waals surface area contributed by atoms with Gasteiger partial charge in [0.15, 0.2) is 0 Å². The molecule has 0 spiro atoms. The van der Waals surface area contributed by atoms with Gasteiger partial charge in [-0.1, -0.05) is 12.1 Å². The summed E-state index contributed by atoms with van der Waals surface area (Å²) in [6.45, 7) is 1.99. The number of hydrogen-bond donors (Lipinski definition) is 1. The van der Waals surface area contributed by atoms with Gasteiger partial charge in [0.25, 0.3) is 0 Å². The largest absolute Gasteiger partial charge is 0.307 e. The summed E-state index contributed by atoms with van der Waals surface area (Å²) in [6, 6.07) is 10.2. The normalized spacial score (nSPS) is 12.5. The van der Waals surface area contributed by atoms with Gasteiger partial charge in [0.05, 0.1) is 11.6 Å². The van der Waals surface area contributed by atoms with E-state index in [-0.39, 0.29) is 6.04 Å². The number of rotatable bonds is 3. The van der Waals surface area contributed by atoms with Gasteiger partial charge in [0.2, 0.25) is 0 Å². The van der Waals surface area contributed by atoms with Gasteiger partial charge in [-0.2, -0.15) is 0 Å². The highest BCUT2D eigenvalue weighted by atomic mass is 15.0. The van der Waals surface area contributed by atoms with E-state index in [1.54, 1.807) is 6.20 Å². The summed E-state index contributed by atoms with van der Waals surface area (Å²) in [5.74, 6) is 0.779. The van der Waals surface area contributed by atoms with E-state index >= 15 is 0 Å². The first-order valence-corrected chi connectivity index (χ1v) is 6.58. The molecule has 0 saturated carbocycles. The van der Waals surface area contributed by atoms with Crippen LogP contribution in [0.15, 0.2) is 48.9 Å². The van der Waals surface area contributed by atoms with Crippen molar-refractivity contribution in [3.05, 3.63) is 65.9 Å². The van der Waals surface area contributed by atoms with Crippen molar-refractivity contribution in [1.82, 2.24) is 20.3 Å². The highest BCUT2D eigenvalue weighted by molar-refractivity contribution is 5.79. The molecule has 3 aromatic rings. The van der Waals surface area contributed by atoms with Crippen molar-refractivity contribution in [2.45, 2.75) is 13.0 Å². The van der Waals surface area contributed by atoms with Crippen LogP contribution in [0, 0.1) is 6.92 Å². The zero-order chi connectivity index (χ0) is 13.9. The smallest absolute Gasteiger partial charge is 0.149 e. The average molecular weight is 264 g/mol. The van der Waals surface area contributed by atoms with E-state index in [1.807, 2.05) is 38.5 Å². The zero-order valence-corrected chi connectivity index (χ0v) is 11.5. The molecule has 1 N–H and O–H groups in total. The van der Waals surface area contributed by atoms with Crippen LogP contribution in [0.25, 0.3) is 10.9 Å². The van der Waals surface area contributed by atoms with Crippen LogP contribution in [-0.4, -0.2) is 22.0 Å². The van der Waals surface area contributed by atoms with Crippen LogP contribution in [0.4, 0.5) is 0 Å². The molecule has 0 amide bonds. The molecule has 0 fully saturated rings. The molecule has 0 aliphatic heterocycles. The second kappa shape index (κ2) is 5.35. The van der Waals surface area contributed by atoms with Gasteiger partial charge in [0, 0.05) is 24.0 Å². The SMILES string of the molecule is CNC(c1ccc2ncccc2c1)c1ncc(C)cn1. The molecule has 0 radical (unpaired) electrons. The molecule has 1 unspecified atom stereocenters. The summed E-state index contributed by atoms with van der Waals surface area (Å²) in [5, 5.41) is 4.40. The third-order valence-corrected chi connectivity index (χ3v) is 3.31. The lowest BCUT2D eigenvalue weighted by atomic mass is 10.0. The Morgan fingerprint density at radius 3 is 2.60 bits per heavy atom. The van der Waals surface area contributed by atoms with Crippen molar-refractivity contribution in [2.24, 2.45) is 0 Å². The number of fused-ring (bicyclic) bond motifs is 1. The molecule has 2 heterocycles. The van der Waals surface area contributed by atoms with E-state index < -0.39 is 0 Å². The molecular formula is C16H16N4. The van der Waals surface area contributed by atoms with Gasteiger partial charge in [-0.05, 0) is 43.3 Å². The molecule has 0 aliphatic rings. The van der Waals surface area contributed by atoms with Crippen molar-refractivity contribution in [3.8, 4) is 0 Å². The Hall–Kier alpha value is -2.33. The first-order chi connectivity index (χ1) is 9.78. The lowest BCUT2D eigenvalue weighted by Crippen LogP contribution is -2.20. The number of pyridine rings is 1. The topological polar surface area (TPSA) is 50.7 Å². The Bertz CT molecular complexity index is 722. The highest BCUT2D eigenvalue weighted by Crippen LogP contribution is 2.22. The summed E-state index contributed by atoms with van der Waals surface area (Å²) in [7, 11) is 1.92. The Morgan fingerprint density at radius 2 is 1.85 bits per heavy atom. The molecule has 4 heteroatoms. The second-order valence-electron chi connectivity index (χ2n) is 4.80. The molecular weight excluding hydrogens is 248 g/mol. The Morgan fingerprint density at radius 1 is 1.05 bits per heavy atom. The predicted octanol–water partition coefficient (Wildman–Crippen LogP) is 2.64. The van der Waals surface area contributed by atoms with Crippen molar-refractivity contribution in [1.29, 1.82) is 0 Å². The van der Waals surface area contributed by atoms with Gasteiger partial charge >= 0.3 is 0 Å². The van der Waals surface area contributed by atoms with Crippen molar-refractivity contribution in [2.75, 3.05) is 7.05 Å². The molecule has 0 saturated heterocycles. The Balaban J connectivity index is 2.04. The van der Waals surface area contributed by atoms with Gasteiger partial charge in [-0.25, -0.2) is 9.97 Å². The molecule has 100 valence electrons. The summed E-state index contributed by atoms with van der Waals surface area (Å²) < 4.78 is 0. The fourth-order valence-corrected chi connectivity index (χ4v) is 2.27. The van der Waals surface area contributed by atoms with E-state index in [0.29, 0.717) is 0 Å². The van der Waals surface area contributed by atoms with E-state index in [2.05, 4.69) is 38.5 Å². The molecule has 1 aromatic carbocycles. The van der Waals surface area contributed by atoms with Gasteiger partial charge in [-0.3, -0.25) is 4.98 Å². The van der Waals surface area contributed by atoms with E-state index in [0.717, 1.165) is 27.9 Å². The fourth-order valence-electron chi connectivity index (χ4n) is 2.27. The number of hydrogen-bond acceptors (Lipinski definition) is 4. The van der Waals surface area contributed by atoms with E-state index in [9.17, 15) is 0 Å². The number of aromatic nitrogens is 3. The lowest BCUT2D eigenvalue weighted by Gasteiger charge is -2.15.